The quantitative estimate of drug-likeness (QED) is 0.243. The summed E-state index contributed by atoms with van der Waals surface area (Å²) in [6.45, 7) is 13.3. The van der Waals surface area contributed by atoms with E-state index in [1.54, 1.807) is 12.3 Å². The van der Waals surface area contributed by atoms with E-state index in [0.717, 1.165) is 53.8 Å². The number of nitrogens with zero attached hydrogens (tertiary/aromatic N) is 3. The van der Waals surface area contributed by atoms with Crippen LogP contribution < -0.4 is 16.0 Å². The van der Waals surface area contributed by atoms with Crippen LogP contribution in [0.4, 0.5) is 11.6 Å². The van der Waals surface area contributed by atoms with Crippen molar-refractivity contribution in [1.82, 2.24) is 20.3 Å². The number of amides is 1. The summed E-state index contributed by atoms with van der Waals surface area (Å²) in [5.74, 6) is 1.15. The minimum atomic E-state index is -0.509. The standard InChI is InChI=1S/C30H37N7O/c1-6-10-20(15-19(2)35-29(38)30(3,4)5)21-16-23(27(32)34-18-21)26(31)25-17-22-24(36-25)11-12-33-28(22)37-13-8-7-9-14-37/h6,10-12,15-18,31,36H,1,7-9,13-14H2,2-5H3,(H2,32,34)(H,35,38)/b19-15+,20-10+,31-26?. The maximum Gasteiger partial charge on any atom is 0.229 e. The minimum absolute atomic E-state index is 0.0701. The van der Waals surface area contributed by atoms with Crippen molar-refractivity contribution in [3.63, 3.8) is 0 Å². The lowest BCUT2D eigenvalue weighted by molar-refractivity contribution is -0.127. The predicted molar refractivity (Wildman–Crippen MR) is 156 cm³/mol. The smallest absolute Gasteiger partial charge is 0.229 e. The van der Waals surface area contributed by atoms with Crippen LogP contribution in [0, 0.1) is 10.8 Å². The zero-order chi connectivity index (χ0) is 27.4. The Balaban J connectivity index is 1.67. The topological polar surface area (TPSA) is 124 Å². The van der Waals surface area contributed by atoms with Gasteiger partial charge in [-0.25, -0.2) is 9.97 Å². The molecule has 3 aromatic rings. The Bertz CT molecular complexity index is 1430. The van der Waals surface area contributed by atoms with Crippen LogP contribution in [0.25, 0.3) is 16.5 Å². The van der Waals surface area contributed by atoms with Crippen molar-refractivity contribution in [2.75, 3.05) is 23.7 Å². The predicted octanol–water partition coefficient (Wildman–Crippen LogP) is 5.58. The molecule has 4 rings (SSSR count). The number of piperidine rings is 1. The summed E-state index contributed by atoms with van der Waals surface area (Å²) in [4.78, 5) is 27.2. The Labute approximate surface area is 224 Å². The number of rotatable bonds is 7. The van der Waals surface area contributed by atoms with Crippen molar-refractivity contribution in [3.8, 4) is 0 Å². The van der Waals surface area contributed by atoms with Crippen LogP contribution >= 0.6 is 0 Å². The summed E-state index contributed by atoms with van der Waals surface area (Å²) < 4.78 is 0. The average molecular weight is 512 g/mol. The number of nitrogens with one attached hydrogen (secondary N) is 3. The lowest BCUT2D eigenvalue weighted by atomic mass is 9.95. The molecule has 1 aliphatic rings. The number of allylic oxidation sites excluding steroid dienone is 5. The summed E-state index contributed by atoms with van der Waals surface area (Å²) in [5, 5.41) is 12.9. The van der Waals surface area contributed by atoms with Crippen LogP contribution in [-0.2, 0) is 4.79 Å². The van der Waals surface area contributed by atoms with E-state index in [4.69, 9.17) is 11.1 Å². The molecule has 0 atom stereocenters. The number of carbonyl (C=O) groups excluding carboxylic acids is 1. The first-order valence-electron chi connectivity index (χ1n) is 13.0. The van der Waals surface area contributed by atoms with Gasteiger partial charge in [-0.05, 0) is 56.0 Å². The lowest BCUT2D eigenvalue weighted by Gasteiger charge is -2.28. The molecule has 1 aliphatic heterocycles. The van der Waals surface area contributed by atoms with Gasteiger partial charge in [-0.3, -0.25) is 10.2 Å². The van der Waals surface area contributed by atoms with Crippen molar-refractivity contribution in [1.29, 1.82) is 5.41 Å². The zero-order valence-electron chi connectivity index (χ0n) is 22.7. The lowest BCUT2D eigenvalue weighted by Crippen LogP contribution is -2.33. The fourth-order valence-corrected chi connectivity index (χ4v) is 4.50. The van der Waals surface area contributed by atoms with E-state index in [1.165, 1.54) is 6.42 Å². The van der Waals surface area contributed by atoms with Gasteiger partial charge in [0.25, 0.3) is 0 Å². The number of nitrogens with two attached hydrogens (primary N) is 1. The Morgan fingerprint density at radius 2 is 1.95 bits per heavy atom. The minimum Gasteiger partial charge on any atom is -0.383 e. The molecule has 0 aliphatic carbocycles. The summed E-state index contributed by atoms with van der Waals surface area (Å²) in [5.41, 5.74) is 10.3. The number of hydrogen-bond donors (Lipinski definition) is 4. The van der Waals surface area contributed by atoms with Gasteiger partial charge in [0.05, 0.1) is 16.9 Å². The van der Waals surface area contributed by atoms with Crippen LogP contribution in [-0.4, -0.2) is 39.7 Å². The fourth-order valence-electron chi connectivity index (χ4n) is 4.50. The number of aromatic amines is 1. The number of H-pyrrole nitrogens is 1. The second-order valence-corrected chi connectivity index (χ2v) is 10.7. The van der Waals surface area contributed by atoms with Crippen molar-refractivity contribution in [3.05, 3.63) is 77.9 Å². The molecular weight excluding hydrogens is 474 g/mol. The van der Waals surface area contributed by atoms with Gasteiger partial charge in [-0.15, -0.1) is 0 Å². The molecule has 198 valence electrons. The highest BCUT2D eigenvalue weighted by atomic mass is 16.2. The van der Waals surface area contributed by atoms with E-state index in [2.05, 4.69) is 31.7 Å². The Hall–Kier alpha value is -4.20. The summed E-state index contributed by atoms with van der Waals surface area (Å²) in [7, 11) is 0. The van der Waals surface area contributed by atoms with E-state index in [-0.39, 0.29) is 17.4 Å². The molecule has 0 unspecified atom stereocenters. The van der Waals surface area contributed by atoms with Crippen LogP contribution in [0.2, 0.25) is 0 Å². The van der Waals surface area contributed by atoms with Crippen molar-refractivity contribution in [2.45, 2.75) is 47.0 Å². The SMILES string of the molecule is C=C/C=C(\C=C(/C)NC(=O)C(C)(C)C)c1cnc(N)c(C(=N)c2cc3c(N4CCCCC4)nccc3[nH]2)c1. The molecule has 0 aromatic carbocycles. The third kappa shape index (κ3) is 5.85. The van der Waals surface area contributed by atoms with Crippen molar-refractivity contribution >= 4 is 39.7 Å². The molecule has 3 aromatic heterocycles. The Kier molecular flexibility index (Phi) is 7.80. The molecule has 0 saturated carbocycles. The summed E-state index contributed by atoms with van der Waals surface area (Å²) >= 11 is 0. The summed E-state index contributed by atoms with van der Waals surface area (Å²) in [6, 6.07) is 5.76. The van der Waals surface area contributed by atoms with E-state index in [1.807, 2.05) is 64.2 Å². The van der Waals surface area contributed by atoms with E-state index >= 15 is 0 Å². The van der Waals surface area contributed by atoms with Crippen molar-refractivity contribution in [2.24, 2.45) is 5.41 Å². The average Bonchev–Trinajstić information content (AvgIpc) is 3.33. The molecule has 1 amide bonds. The van der Waals surface area contributed by atoms with Gasteiger partial charge >= 0.3 is 0 Å². The zero-order valence-corrected chi connectivity index (χ0v) is 22.7. The van der Waals surface area contributed by atoms with Crippen LogP contribution in [0.3, 0.4) is 0 Å². The van der Waals surface area contributed by atoms with Crippen molar-refractivity contribution < 1.29 is 4.79 Å². The van der Waals surface area contributed by atoms with Gasteiger partial charge < -0.3 is 20.9 Å². The second-order valence-electron chi connectivity index (χ2n) is 10.7. The van der Waals surface area contributed by atoms with Gasteiger partial charge in [0.2, 0.25) is 5.91 Å². The number of aromatic nitrogens is 3. The first kappa shape index (κ1) is 26.9. The number of carbonyl (C=O) groups is 1. The molecule has 1 saturated heterocycles. The first-order chi connectivity index (χ1) is 18.1. The molecule has 4 heterocycles. The molecule has 8 heteroatoms. The largest absolute Gasteiger partial charge is 0.383 e. The monoisotopic (exact) mass is 511 g/mol. The molecule has 0 bridgehead atoms. The third-order valence-electron chi connectivity index (χ3n) is 6.63. The van der Waals surface area contributed by atoms with E-state index < -0.39 is 5.41 Å². The number of anilines is 2. The molecule has 8 nitrogen and oxygen atoms in total. The highest BCUT2D eigenvalue weighted by Crippen LogP contribution is 2.29. The number of pyridine rings is 2. The molecule has 38 heavy (non-hydrogen) atoms. The highest BCUT2D eigenvalue weighted by molar-refractivity contribution is 6.15. The Morgan fingerprint density at radius 3 is 2.63 bits per heavy atom. The van der Waals surface area contributed by atoms with Crippen LogP contribution in [0.5, 0.6) is 0 Å². The van der Waals surface area contributed by atoms with Gasteiger partial charge in [-0.1, -0.05) is 39.5 Å². The molecular formula is C30H37N7O. The third-order valence-corrected chi connectivity index (χ3v) is 6.63. The maximum atomic E-state index is 12.4. The van der Waals surface area contributed by atoms with Gasteiger partial charge in [-0.2, -0.15) is 0 Å². The van der Waals surface area contributed by atoms with E-state index in [0.29, 0.717) is 17.0 Å². The van der Waals surface area contributed by atoms with Gasteiger partial charge in [0, 0.05) is 53.1 Å². The van der Waals surface area contributed by atoms with E-state index in [9.17, 15) is 4.79 Å². The maximum absolute atomic E-state index is 12.4. The Morgan fingerprint density at radius 1 is 1.21 bits per heavy atom. The molecule has 0 radical (unpaired) electrons. The second kappa shape index (κ2) is 11.0. The first-order valence-corrected chi connectivity index (χ1v) is 13.0. The number of fused-ring (bicyclic) bond motifs is 1. The highest BCUT2D eigenvalue weighted by Gasteiger charge is 2.22. The van der Waals surface area contributed by atoms with Gasteiger partial charge in [0.1, 0.15) is 11.6 Å². The van der Waals surface area contributed by atoms with Crippen LogP contribution in [0.15, 0.2) is 61.1 Å². The molecule has 1 fully saturated rings. The normalized spacial score (nSPS) is 15.0. The summed E-state index contributed by atoms with van der Waals surface area (Å²) in [6.07, 6.45) is 12.4. The number of nitrogen functional groups attached to an aromatic ring is 1. The van der Waals surface area contributed by atoms with Gasteiger partial charge in [0.15, 0.2) is 0 Å². The molecule has 5 N–H and O–H groups in total. The van der Waals surface area contributed by atoms with Crippen LogP contribution in [0.1, 0.15) is 63.8 Å². The number of hydrogen-bond acceptors (Lipinski definition) is 6. The molecule has 0 spiro atoms. The fraction of sp³-hybridized carbons (Fsp3) is 0.333.